The van der Waals surface area contributed by atoms with Gasteiger partial charge in [-0.15, -0.1) is 11.3 Å². The number of aryl methyl sites for hydroxylation is 1. The molecule has 38 heavy (non-hydrogen) atoms. The number of aromatic nitrogens is 3. The number of alkyl halides is 3. The van der Waals surface area contributed by atoms with Crippen molar-refractivity contribution in [1.29, 1.82) is 0 Å². The van der Waals surface area contributed by atoms with Gasteiger partial charge in [0, 0.05) is 36.8 Å². The second-order valence-electron chi connectivity index (χ2n) is 9.17. The van der Waals surface area contributed by atoms with E-state index < -0.39 is 21.6 Å². The van der Waals surface area contributed by atoms with Crippen LogP contribution in [0.25, 0.3) is 10.6 Å². The SMILES string of the molecule is CCc1nc(N2CCN[C@H](C)C2)ccc1Nc1ncc(C(F)(F)F)c(-c2cc3c(s2)COCCS3(=O)=O)n1. The first-order valence-electron chi connectivity index (χ1n) is 12.2. The number of pyridine rings is 1. The van der Waals surface area contributed by atoms with E-state index >= 15 is 0 Å². The highest BCUT2D eigenvalue weighted by Crippen LogP contribution is 2.42. The highest BCUT2D eigenvalue weighted by atomic mass is 32.2. The number of piperazine rings is 1. The lowest BCUT2D eigenvalue weighted by molar-refractivity contribution is -0.137. The van der Waals surface area contributed by atoms with Gasteiger partial charge in [-0.25, -0.2) is 23.4 Å². The number of thiophene rings is 1. The smallest absolute Gasteiger partial charge is 0.375 e. The van der Waals surface area contributed by atoms with E-state index in [1.165, 1.54) is 6.07 Å². The molecule has 2 N–H and O–H groups in total. The van der Waals surface area contributed by atoms with Crippen molar-refractivity contribution in [2.75, 3.05) is 42.2 Å². The molecule has 5 rings (SSSR count). The number of anilines is 3. The first kappa shape index (κ1) is 26.8. The summed E-state index contributed by atoms with van der Waals surface area (Å²) in [5.74, 6) is 0.558. The molecule has 2 aliphatic rings. The molecular formula is C24H27F3N6O3S2. The fourth-order valence-corrected chi connectivity index (χ4v) is 7.32. The number of fused-ring (bicyclic) bond motifs is 1. The topological polar surface area (TPSA) is 109 Å². The molecule has 1 saturated heterocycles. The first-order chi connectivity index (χ1) is 18.0. The van der Waals surface area contributed by atoms with Crippen LogP contribution in [-0.4, -0.2) is 61.4 Å². The van der Waals surface area contributed by atoms with E-state index in [1.807, 2.05) is 19.1 Å². The van der Waals surface area contributed by atoms with Crippen LogP contribution < -0.4 is 15.5 Å². The zero-order chi connectivity index (χ0) is 27.1. The molecule has 0 amide bonds. The van der Waals surface area contributed by atoms with E-state index in [0.29, 0.717) is 23.0 Å². The summed E-state index contributed by atoms with van der Waals surface area (Å²) in [6.45, 7) is 6.60. The van der Waals surface area contributed by atoms with Crippen LogP contribution in [0, 0.1) is 0 Å². The van der Waals surface area contributed by atoms with Crippen LogP contribution in [0.5, 0.6) is 0 Å². The van der Waals surface area contributed by atoms with Gasteiger partial charge < -0.3 is 20.3 Å². The molecule has 3 aromatic heterocycles. The summed E-state index contributed by atoms with van der Waals surface area (Å²) in [4.78, 5) is 15.5. The lowest BCUT2D eigenvalue weighted by atomic mass is 10.2. The molecular weight excluding hydrogens is 541 g/mol. The third kappa shape index (κ3) is 5.48. The molecule has 0 aliphatic carbocycles. The highest BCUT2D eigenvalue weighted by Gasteiger charge is 2.37. The maximum atomic E-state index is 13.9. The lowest BCUT2D eigenvalue weighted by Crippen LogP contribution is -2.49. The van der Waals surface area contributed by atoms with Gasteiger partial charge in [0.1, 0.15) is 11.4 Å². The average molecular weight is 569 g/mol. The van der Waals surface area contributed by atoms with E-state index in [0.717, 1.165) is 48.7 Å². The molecule has 14 heteroatoms. The molecule has 0 radical (unpaired) electrons. The van der Waals surface area contributed by atoms with E-state index in [2.05, 4.69) is 32.4 Å². The zero-order valence-corrected chi connectivity index (χ0v) is 22.4. The van der Waals surface area contributed by atoms with Crippen molar-refractivity contribution >= 4 is 38.6 Å². The Hall–Kier alpha value is -2.81. The number of rotatable bonds is 5. The van der Waals surface area contributed by atoms with E-state index in [-0.39, 0.29) is 40.4 Å². The van der Waals surface area contributed by atoms with Crippen molar-refractivity contribution in [2.45, 2.75) is 44.0 Å². The third-order valence-electron chi connectivity index (χ3n) is 6.40. The minimum Gasteiger partial charge on any atom is -0.375 e. The minimum absolute atomic E-state index is 0.00784. The van der Waals surface area contributed by atoms with Gasteiger partial charge in [0.25, 0.3) is 0 Å². The summed E-state index contributed by atoms with van der Waals surface area (Å²) in [7, 11) is -3.67. The maximum absolute atomic E-state index is 13.9. The number of hydrogen-bond donors (Lipinski definition) is 2. The zero-order valence-electron chi connectivity index (χ0n) is 20.8. The first-order valence-corrected chi connectivity index (χ1v) is 14.6. The van der Waals surface area contributed by atoms with Crippen molar-refractivity contribution in [1.82, 2.24) is 20.3 Å². The molecule has 0 bridgehead atoms. The van der Waals surface area contributed by atoms with Crippen LogP contribution in [0.2, 0.25) is 0 Å². The second kappa shape index (κ2) is 10.4. The van der Waals surface area contributed by atoms with Crippen LogP contribution in [0.1, 0.15) is 30.0 Å². The largest absolute Gasteiger partial charge is 0.420 e. The van der Waals surface area contributed by atoms with Crippen molar-refractivity contribution in [3.05, 3.63) is 40.5 Å². The van der Waals surface area contributed by atoms with Gasteiger partial charge in [0.15, 0.2) is 9.84 Å². The fraction of sp³-hybridized carbons (Fsp3) is 0.458. The molecule has 1 atom stereocenters. The van der Waals surface area contributed by atoms with Gasteiger partial charge in [-0.05, 0) is 31.5 Å². The van der Waals surface area contributed by atoms with Crippen LogP contribution >= 0.6 is 11.3 Å². The molecule has 0 saturated carbocycles. The molecule has 2 aliphatic heterocycles. The monoisotopic (exact) mass is 568 g/mol. The number of ether oxygens (including phenoxy) is 1. The Bertz CT molecular complexity index is 1440. The molecule has 0 unspecified atom stereocenters. The summed E-state index contributed by atoms with van der Waals surface area (Å²) in [6, 6.07) is 5.28. The average Bonchev–Trinajstić information content (AvgIpc) is 3.26. The highest BCUT2D eigenvalue weighted by molar-refractivity contribution is 7.91. The molecule has 1 fully saturated rings. The van der Waals surface area contributed by atoms with Crippen molar-refractivity contribution in [3.8, 4) is 10.6 Å². The Labute approximate surface area is 222 Å². The van der Waals surface area contributed by atoms with Crippen LogP contribution in [0.15, 0.2) is 29.3 Å². The van der Waals surface area contributed by atoms with E-state index in [4.69, 9.17) is 9.72 Å². The molecule has 3 aromatic rings. The summed E-state index contributed by atoms with van der Waals surface area (Å²) in [5, 5.41) is 6.41. The predicted octanol–water partition coefficient (Wildman–Crippen LogP) is 4.03. The Morgan fingerprint density at radius 1 is 1.29 bits per heavy atom. The van der Waals surface area contributed by atoms with Gasteiger partial charge in [-0.3, -0.25) is 0 Å². The van der Waals surface area contributed by atoms with Crippen molar-refractivity contribution in [3.63, 3.8) is 0 Å². The molecule has 0 aromatic carbocycles. The van der Waals surface area contributed by atoms with Crippen molar-refractivity contribution in [2.24, 2.45) is 0 Å². The Kier molecular flexibility index (Phi) is 7.33. The summed E-state index contributed by atoms with van der Waals surface area (Å²) in [5.41, 5.74) is -0.122. The Morgan fingerprint density at radius 3 is 2.84 bits per heavy atom. The van der Waals surface area contributed by atoms with Gasteiger partial charge >= 0.3 is 6.18 Å². The van der Waals surface area contributed by atoms with E-state index in [1.54, 1.807) is 0 Å². The molecule has 204 valence electrons. The van der Waals surface area contributed by atoms with E-state index in [9.17, 15) is 21.6 Å². The normalized spacial score (nSPS) is 19.6. The van der Waals surface area contributed by atoms with Crippen molar-refractivity contribution < 1.29 is 26.3 Å². The van der Waals surface area contributed by atoms with Gasteiger partial charge in [-0.1, -0.05) is 6.92 Å². The fourth-order valence-electron chi connectivity index (χ4n) is 4.48. The predicted molar refractivity (Wildman–Crippen MR) is 139 cm³/mol. The standard InChI is InChI=1S/C24H27F3N6O3S2/c1-3-16-17(4-5-21(30-16)33-7-6-28-14(2)12-33)31-23-29-11-15(24(25,26)27)22(32-23)18-10-20-19(37-18)13-36-8-9-38(20,34)35/h4-5,10-11,14,28H,3,6-9,12-13H2,1-2H3,(H,29,31,32)/t14-/m1/s1. The Morgan fingerprint density at radius 2 is 2.11 bits per heavy atom. The van der Waals surface area contributed by atoms with Crippen LogP contribution in [-0.2, 0) is 33.8 Å². The summed E-state index contributed by atoms with van der Waals surface area (Å²) < 4.78 is 72.3. The maximum Gasteiger partial charge on any atom is 0.420 e. The van der Waals surface area contributed by atoms with Crippen LogP contribution in [0.4, 0.5) is 30.6 Å². The third-order valence-corrected chi connectivity index (χ3v) is 9.38. The lowest BCUT2D eigenvalue weighted by Gasteiger charge is -2.33. The number of hydrogen-bond acceptors (Lipinski definition) is 10. The number of sulfone groups is 1. The molecule has 9 nitrogen and oxygen atoms in total. The van der Waals surface area contributed by atoms with Crippen LogP contribution in [0.3, 0.4) is 0 Å². The van der Waals surface area contributed by atoms with Gasteiger partial charge in [-0.2, -0.15) is 13.2 Å². The van der Waals surface area contributed by atoms with Gasteiger partial charge in [0.2, 0.25) is 5.95 Å². The quantitative estimate of drug-likeness (QED) is 0.472. The second-order valence-corrected chi connectivity index (χ2v) is 12.4. The molecule has 5 heterocycles. The number of nitrogens with zero attached hydrogens (tertiary/aromatic N) is 4. The Balaban J connectivity index is 1.50. The minimum atomic E-state index is -4.73. The molecule has 0 spiro atoms. The summed E-state index contributed by atoms with van der Waals surface area (Å²) >= 11 is 0.930. The summed E-state index contributed by atoms with van der Waals surface area (Å²) in [6.07, 6.45) is -3.43. The van der Waals surface area contributed by atoms with Gasteiger partial charge in [0.05, 0.1) is 45.8 Å². The number of nitrogens with one attached hydrogen (secondary N) is 2. The number of halogens is 3.